The van der Waals surface area contributed by atoms with Crippen LogP contribution in [-0.2, 0) is 0 Å². The highest BCUT2D eigenvalue weighted by molar-refractivity contribution is 6.60. The standard InChI is InChI=1S/C15H19Si.C4H11N/c1-2-3-7-13-10-11-15(12-13)16-14-8-5-4-6-9-14;1-3-5-4-2/h4-6,8-12H,2-3,7,16H2,1H3;5H,3-4H2,1-2H3. The van der Waals surface area contributed by atoms with Crippen molar-refractivity contribution in [3.8, 4) is 0 Å². The average Bonchev–Trinajstić information content (AvgIpc) is 2.95. The molecule has 0 atom stereocenters. The van der Waals surface area contributed by atoms with Crippen molar-refractivity contribution >= 4 is 14.7 Å². The van der Waals surface area contributed by atoms with Crippen molar-refractivity contribution in [1.29, 1.82) is 0 Å². The first kappa shape index (κ1) is 17.9. The van der Waals surface area contributed by atoms with Crippen molar-refractivity contribution in [3.05, 3.63) is 59.7 Å². The van der Waals surface area contributed by atoms with Crippen molar-refractivity contribution in [2.24, 2.45) is 0 Å². The molecule has 21 heavy (non-hydrogen) atoms. The Labute approximate surface area is 133 Å². The minimum Gasteiger partial charge on any atom is -0.317 e. The number of hydrogen-bond acceptors (Lipinski definition) is 1. The van der Waals surface area contributed by atoms with Crippen LogP contribution in [0.5, 0.6) is 0 Å². The van der Waals surface area contributed by atoms with E-state index in [-0.39, 0.29) is 9.52 Å². The van der Waals surface area contributed by atoms with E-state index in [1.807, 2.05) is 0 Å². The van der Waals surface area contributed by atoms with Gasteiger partial charge in [-0.05, 0) is 25.9 Å². The maximum absolute atomic E-state index is 3.11. The summed E-state index contributed by atoms with van der Waals surface area (Å²) < 4.78 is 0. The fourth-order valence-corrected chi connectivity index (χ4v) is 3.86. The maximum atomic E-state index is 3.11. The van der Waals surface area contributed by atoms with E-state index in [0.29, 0.717) is 0 Å². The van der Waals surface area contributed by atoms with Gasteiger partial charge in [0.2, 0.25) is 0 Å². The Hall–Kier alpha value is -1.12. The second-order valence-electron chi connectivity index (χ2n) is 5.35. The third-order valence-electron chi connectivity index (χ3n) is 3.45. The molecule has 1 aromatic rings. The Morgan fingerprint density at radius 1 is 0.952 bits per heavy atom. The third kappa shape index (κ3) is 8.03. The number of allylic oxidation sites excluding steroid dienone is 4. The average molecular weight is 301 g/mol. The van der Waals surface area contributed by atoms with E-state index in [0.717, 1.165) is 13.1 Å². The van der Waals surface area contributed by atoms with Gasteiger partial charge in [-0.15, -0.1) is 0 Å². The molecule has 115 valence electrons. The van der Waals surface area contributed by atoms with Crippen LogP contribution in [0.25, 0.3) is 0 Å². The van der Waals surface area contributed by atoms with Crippen molar-refractivity contribution in [2.45, 2.75) is 40.0 Å². The van der Waals surface area contributed by atoms with E-state index in [2.05, 4.69) is 74.6 Å². The van der Waals surface area contributed by atoms with E-state index in [9.17, 15) is 0 Å². The monoisotopic (exact) mass is 300 g/mol. The first-order chi connectivity index (χ1) is 10.3. The molecule has 1 nitrogen and oxygen atoms in total. The van der Waals surface area contributed by atoms with Gasteiger partial charge in [-0.1, -0.05) is 86.5 Å². The van der Waals surface area contributed by atoms with E-state index in [1.54, 1.807) is 5.54 Å². The lowest BCUT2D eigenvalue weighted by Crippen LogP contribution is -2.18. The van der Waals surface area contributed by atoms with Crippen LogP contribution >= 0.6 is 0 Å². The first-order valence-corrected chi connectivity index (χ1v) is 9.70. The van der Waals surface area contributed by atoms with Crippen LogP contribution in [0.1, 0.15) is 40.0 Å². The summed E-state index contributed by atoms with van der Waals surface area (Å²) in [5.74, 6) is 0. The van der Waals surface area contributed by atoms with Crippen LogP contribution in [0.4, 0.5) is 0 Å². The highest BCUT2D eigenvalue weighted by Gasteiger charge is 2.10. The molecular formula is C19H30NSi. The minimum atomic E-state index is -0.237. The molecule has 2 rings (SSSR count). The Bertz CT molecular complexity index is 420. The van der Waals surface area contributed by atoms with Gasteiger partial charge in [0, 0.05) is 5.54 Å². The molecule has 0 spiro atoms. The summed E-state index contributed by atoms with van der Waals surface area (Å²) in [5.41, 5.74) is 3.11. The van der Waals surface area contributed by atoms with Gasteiger partial charge in [-0.3, -0.25) is 0 Å². The quantitative estimate of drug-likeness (QED) is 0.762. The molecule has 0 amide bonds. The Morgan fingerprint density at radius 3 is 2.24 bits per heavy atom. The van der Waals surface area contributed by atoms with E-state index < -0.39 is 0 Å². The van der Waals surface area contributed by atoms with Gasteiger partial charge in [0.25, 0.3) is 0 Å². The smallest absolute Gasteiger partial charge is 0.0713 e. The predicted molar refractivity (Wildman–Crippen MR) is 98.8 cm³/mol. The summed E-state index contributed by atoms with van der Waals surface area (Å²) in [6.45, 7) is 8.64. The molecule has 0 aliphatic heterocycles. The Morgan fingerprint density at radius 2 is 1.67 bits per heavy atom. The molecule has 1 radical (unpaired) electrons. The van der Waals surface area contributed by atoms with Gasteiger partial charge in [0.1, 0.15) is 0 Å². The van der Waals surface area contributed by atoms with Crippen LogP contribution in [0.2, 0.25) is 0 Å². The lowest BCUT2D eigenvalue weighted by atomic mass is 10.1. The number of benzene rings is 1. The Balaban J connectivity index is 0.000000383. The normalized spacial score (nSPS) is 14.3. The summed E-state index contributed by atoms with van der Waals surface area (Å²) in [4.78, 5) is 0. The number of rotatable bonds is 7. The van der Waals surface area contributed by atoms with Gasteiger partial charge in [0.15, 0.2) is 0 Å². The van der Waals surface area contributed by atoms with E-state index >= 15 is 0 Å². The zero-order valence-electron chi connectivity index (χ0n) is 13.9. The van der Waals surface area contributed by atoms with Crippen molar-refractivity contribution < 1.29 is 0 Å². The summed E-state index contributed by atoms with van der Waals surface area (Å²) in [5, 5.41) is 4.65. The minimum absolute atomic E-state index is 0.237. The lowest BCUT2D eigenvalue weighted by Gasteiger charge is -2.03. The van der Waals surface area contributed by atoms with Gasteiger partial charge < -0.3 is 5.32 Å². The van der Waals surface area contributed by atoms with Gasteiger partial charge in [-0.2, -0.15) is 0 Å². The molecule has 1 N–H and O–H groups in total. The van der Waals surface area contributed by atoms with E-state index in [4.69, 9.17) is 0 Å². The number of hydrogen-bond donors (Lipinski definition) is 1. The summed E-state index contributed by atoms with van der Waals surface area (Å²) in [7, 11) is -0.237. The molecule has 0 bridgehead atoms. The van der Waals surface area contributed by atoms with Crippen LogP contribution in [-0.4, -0.2) is 22.6 Å². The van der Waals surface area contributed by atoms with Gasteiger partial charge in [-0.25, -0.2) is 0 Å². The molecule has 2 heteroatoms. The second-order valence-corrected chi connectivity index (χ2v) is 7.34. The first-order valence-electron chi connectivity index (χ1n) is 8.29. The van der Waals surface area contributed by atoms with Crippen molar-refractivity contribution in [1.82, 2.24) is 5.32 Å². The van der Waals surface area contributed by atoms with Crippen LogP contribution in [0.3, 0.4) is 0 Å². The van der Waals surface area contributed by atoms with Gasteiger partial charge >= 0.3 is 0 Å². The molecule has 1 aliphatic carbocycles. The predicted octanol–water partition coefficient (Wildman–Crippen LogP) is 3.31. The topological polar surface area (TPSA) is 12.0 Å². The van der Waals surface area contributed by atoms with Crippen LogP contribution in [0.15, 0.2) is 54.1 Å². The molecule has 1 aromatic carbocycles. The van der Waals surface area contributed by atoms with Crippen LogP contribution in [0, 0.1) is 5.54 Å². The summed E-state index contributed by atoms with van der Waals surface area (Å²) in [6, 6.07) is 10.9. The molecule has 0 unspecified atom stereocenters. The molecule has 1 aliphatic rings. The molecule has 0 saturated heterocycles. The zero-order valence-corrected chi connectivity index (χ0v) is 15.3. The molecule has 0 aromatic heterocycles. The largest absolute Gasteiger partial charge is 0.317 e. The maximum Gasteiger partial charge on any atom is 0.0713 e. The number of unbranched alkanes of at least 4 members (excludes halogenated alkanes) is 1. The third-order valence-corrected chi connectivity index (χ3v) is 5.18. The molecule has 0 heterocycles. The molecule has 0 fully saturated rings. The molecular weight excluding hydrogens is 270 g/mol. The van der Waals surface area contributed by atoms with Crippen molar-refractivity contribution in [2.75, 3.05) is 13.1 Å². The van der Waals surface area contributed by atoms with Gasteiger partial charge in [0.05, 0.1) is 9.52 Å². The highest BCUT2D eigenvalue weighted by Crippen LogP contribution is 2.20. The second kappa shape index (κ2) is 11.5. The fraction of sp³-hybridized carbons (Fsp3) is 0.421. The zero-order chi connectivity index (χ0) is 15.3. The van der Waals surface area contributed by atoms with Crippen LogP contribution < -0.4 is 10.5 Å². The molecule has 0 saturated carbocycles. The summed E-state index contributed by atoms with van der Waals surface area (Å²) >= 11 is 0. The summed E-state index contributed by atoms with van der Waals surface area (Å²) in [6.07, 6.45) is 10.9. The lowest BCUT2D eigenvalue weighted by molar-refractivity contribution is 0.762. The highest BCUT2D eigenvalue weighted by atomic mass is 28.2. The van der Waals surface area contributed by atoms with E-state index in [1.165, 1.54) is 30.0 Å². The fourth-order valence-electron chi connectivity index (χ4n) is 2.28. The van der Waals surface area contributed by atoms with Crippen molar-refractivity contribution in [3.63, 3.8) is 0 Å². The number of nitrogens with one attached hydrogen (secondary N) is 1. The Kier molecular flexibility index (Phi) is 9.84. The SMILES string of the molecule is CCCCC1=C[C]([SiH2]c2ccccc2)C=C1.CCNCC.